The Morgan fingerprint density at radius 3 is 3.00 bits per heavy atom. The lowest BCUT2D eigenvalue weighted by Gasteiger charge is -2.21. The Labute approximate surface area is 82.5 Å². The molecule has 0 radical (unpaired) electrons. The molecule has 0 saturated carbocycles. The maximum atomic E-state index is 11.6. The first kappa shape index (κ1) is 9.09. The Morgan fingerprint density at radius 1 is 1.50 bits per heavy atom. The highest BCUT2D eigenvalue weighted by molar-refractivity contribution is 6.30. The van der Waals surface area contributed by atoms with Crippen molar-refractivity contribution in [2.45, 2.75) is 13.0 Å². The molecule has 0 amide bonds. The van der Waals surface area contributed by atoms with Crippen molar-refractivity contribution < 1.29 is 9.53 Å². The molecule has 0 aromatic heterocycles. The number of aliphatic imine (C=N–C) groups is 1. The fourth-order valence-electron chi connectivity index (χ4n) is 1.59. The molecule has 3 heteroatoms. The van der Waals surface area contributed by atoms with Gasteiger partial charge in [0, 0.05) is 24.5 Å². The molecule has 2 aliphatic rings. The van der Waals surface area contributed by atoms with E-state index in [-0.39, 0.29) is 11.9 Å². The summed E-state index contributed by atoms with van der Waals surface area (Å²) >= 11 is 0. The molecule has 1 unspecified atom stereocenters. The molecular weight excluding hydrogens is 178 g/mol. The van der Waals surface area contributed by atoms with Crippen LogP contribution in [0.3, 0.4) is 0 Å². The Kier molecular flexibility index (Phi) is 2.17. The van der Waals surface area contributed by atoms with Crippen LogP contribution in [-0.4, -0.2) is 24.7 Å². The molecule has 1 heterocycles. The first-order valence-corrected chi connectivity index (χ1v) is 4.45. The van der Waals surface area contributed by atoms with Gasteiger partial charge in [-0.15, -0.1) is 0 Å². The van der Waals surface area contributed by atoms with Crippen LogP contribution in [-0.2, 0) is 9.53 Å². The van der Waals surface area contributed by atoms with Crippen molar-refractivity contribution in [3.05, 3.63) is 35.6 Å². The van der Waals surface area contributed by atoms with E-state index in [0.717, 1.165) is 11.4 Å². The summed E-state index contributed by atoms with van der Waals surface area (Å²) in [5.74, 6) is 0.0129. The van der Waals surface area contributed by atoms with Gasteiger partial charge in [0.15, 0.2) is 5.78 Å². The maximum Gasteiger partial charge on any atom is 0.189 e. The van der Waals surface area contributed by atoms with Gasteiger partial charge in [0.2, 0.25) is 0 Å². The van der Waals surface area contributed by atoms with Crippen LogP contribution in [0, 0.1) is 0 Å². The fourth-order valence-corrected chi connectivity index (χ4v) is 1.59. The average molecular weight is 189 g/mol. The Morgan fingerprint density at radius 2 is 2.29 bits per heavy atom. The number of hydrogen-bond acceptors (Lipinski definition) is 3. The zero-order chi connectivity index (χ0) is 10.1. The molecule has 3 nitrogen and oxygen atoms in total. The van der Waals surface area contributed by atoms with Gasteiger partial charge in [0.1, 0.15) is 6.10 Å². The van der Waals surface area contributed by atoms with Crippen molar-refractivity contribution >= 4 is 11.5 Å². The van der Waals surface area contributed by atoms with Crippen LogP contribution in [0.25, 0.3) is 0 Å². The highest BCUT2D eigenvalue weighted by Crippen LogP contribution is 2.20. The van der Waals surface area contributed by atoms with Gasteiger partial charge in [0.05, 0.1) is 5.71 Å². The molecule has 0 aromatic carbocycles. The number of carbonyl (C=O) groups is 1. The summed E-state index contributed by atoms with van der Waals surface area (Å²) in [5.41, 5.74) is 2.10. The first-order chi connectivity index (χ1) is 6.72. The highest BCUT2D eigenvalue weighted by atomic mass is 16.5. The van der Waals surface area contributed by atoms with Gasteiger partial charge in [-0.05, 0) is 19.1 Å². The fraction of sp³-hybridized carbons (Fsp3) is 0.273. The molecule has 0 spiro atoms. The quantitative estimate of drug-likeness (QED) is 0.625. The van der Waals surface area contributed by atoms with Crippen LogP contribution < -0.4 is 0 Å². The lowest BCUT2D eigenvalue weighted by atomic mass is 9.94. The van der Waals surface area contributed by atoms with Crippen molar-refractivity contribution in [3.8, 4) is 0 Å². The standard InChI is InChI=1S/C11H11NO2/c1-7-6-9(13)8-4-3-5-10(14-2)11(8)12-7/h3-6,10H,1-2H3. The Balaban J connectivity index is 2.47. The molecule has 1 aliphatic heterocycles. The third-order valence-corrected chi connectivity index (χ3v) is 2.25. The van der Waals surface area contributed by atoms with Crippen molar-refractivity contribution in [2.75, 3.05) is 7.11 Å². The molecule has 2 rings (SSSR count). The number of methoxy groups -OCH3 is 1. The van der Waals surface area contributed by atoms with E-state index in [1.807, 2.05) is 19.1 Å². The minimum absolute atomic E-state index is 0.0129. The van der Waals surface area contributed by atoms with E-state index in [1.165, 1.54) is 0 Å². The van der Waals surface area contributed by atoms with Crippen molar-refractivity contribution in [3.63, 3.8) is 0 Å². The lowest BCUT2D eigenvalue weighted by molar-refractivity contribution is -0.111. The number of fused-ring (bicyclic) bond motifs is 1. The van der Waals surface area contributed by atoms with Crippen LogP contribution in [0.4, 0.5) is 0 Å². The minimum Gasteiger partial charge on any atom is -0.371 e. The van der Waals surface area contributed by atoms with Crippen LogP contribution in [0.2, 0.25) is 0 Å². The normalized spacial score (nSPS) is 25.1. The van der Waals surface area contributed by atoms with Gasteiger partial charge in [0.25, 0.3) is 0 Å². The zero-order valence-electron chi connectivity index (χ0n) is 8.15. The van der Waals surface area contributed by atoms with Gasteiger partial charge in [-0.2, -0.15) is 0 Å². The minimum atomic E-state index is -0.192. The third-order valence-electron chi connectivity index (χ3n) is 2.25. The summed E-state index contributed by atoms with van der Waals surface area (Å²) in [7, 11) is 1.61. The van der Waals surface area contributed by atoms with Gasteiger partial charge < -0.3 is 4.74 Å². The predicted octanol–water partition coefficient (Wildman–Crippen LogP) is 1.43. The number of carbonyl (C=O) groups excluding carboxylic acids is 1. The molecule has 14 heavy (non-hydrogen) atoms. The second-order valence-corrected chi connectivity index (χ2v) is 3.27. The predicted molar refractivity (Wildman–Crippen MR) is 54.2 cm³/mol. The van der Waals surface area contributed by atoms with Crippen molar-refractivity contribution in [1.29, 1.82) is 0 Å². The van der Waals surface area contributed by atoms with Crippen molar-refractivity contribution in [1.82, 2.24) is 0 Å². The van der Waals surface area contributed by atoms with E-state index >= 15 is 0 Å². The summed E-state index contributed by atoms with van der Waals surface area (Å²) < 4.78 is 5.22. The van der Waals surface area contributed by atoms with Crippen LogP contribution in [0.15, 0.2) is 40.6 Å². The number of allylic oxidation sites excluding steroid dienone is 4. The first-order valence-electron chi connectivity index (χ1n) is 4.45. The largest absolute Gasteiger partial charge is 0.371 e. The topological polar surface area (TPSA) is 38.7 Å². The molecular formula is C11H11NO2. The average Bonchev–Trinajstić information content (AvgIpc) is 2.17. The molecule has 72 valence electrons. The molecule has 0 bridgehead atoms. The van der Waals surface area contributed by atoms with Crippen LogP contribution in [0.1, 0.15) is 6.92 Å². The smallest absolute Gasteiger partial charge is 0.189 e. The van der Waals surface area contributed by atoms with Crippen LogP contribution >= 0.6 is 0 Å². The second-order valence-electron chi connectivity index (χ2n) is 3.27. The van der Waals surface area contributed by atoms with Crippen LogP contribution in [0.5, 0.6) is 0 Å². The summed E-state index contributed by atoms with van der Waals surface area (Å²) in [5, 5.41) is 0. The van der Waals surface area contributed by atoms with Gasteiger partial charge in [-0.3, -0.25) is 9.79 Å². The molecule has 0 N–H and O–H groups in total. The number of ketones is 1. The molecule has 0 fully saturated rings. The SMILES string of the molecule is COC1C=CC=C2C(=O)C=C(C)N=C21. The monoisotopic (exact) mass is 189 g/mol. The maximum absolute atomic E-state index is 11.6. The van der Waals surface area contributed by atoms with E-state index in [0.29, 0.717) is 5.57 Å². The second kappa shape index (κ2) is 3.35. The number of rotatable bonds is 1. The highest BCUT2D eigenvalue weighted by Gasteiger charge is 2.26. The summed E-state index contributed by atoms with van der Waals surface area (Å²) in [6.07, 6.45) is 6.84. The summed E-state index contributed by atoms with van der Waals surface area (Å²) in [6, 6.07) is 0. The van der Waals surface area contributed by atoms with E-state index < -0.39 is 0 Å². The Bertz CT molecular complexity index is 400. The molecule has 1 atom stereocenters. The summed E-state index contributed by atoms with van der Waals surface area (Å²) in [6.45, 7) is 1.81. The van der Waals surface area contributed by atoms with Crippen molar-refractivity contribution in [2.24, 2.45) is 4.99 Å². The van der Waals surface area contributed by atoms with E-state index in [1.54, 1.807) is 19.3 Å². The van der Waals surface area contributed by atoms with E-state index in [9.17, 15) is 4.79 Å². The Hall–Kier alpha value is -1.48. The lowest BCUT2D eigenvalue weighted by Crippen LogP contribution is -2.29. The molecule has 0 saturated heterocycles. The van der Waals surface area contributed by atoms with Gasteiger partial charge in [-0.1, -0.05) is 6.08 Å². The van der Waals surface area contributed by atoms with Gasteiger partial charge in [-0.25, -0.2) is 0 Å². The van der Waals surface area contributed by atoms with E-state index in [4.69, 9.17) is 4.74 Å². The number of nitrogens with zero attached hydrogens (tertiary/aromatic N) is 1. The van der Waals surface area contributed by atoms with E-state index in [2.05, 4.69) is 4.99 Å². The van der Waals surface area contributed by atoms with Gasteiger partial charge >= 0.3 is 0 Å². The molecule has 1 aliphatic carbocycles. The molecule has 0 aromatic rings. The summed E-state index contributed by atoms with van der Waals surface area (Å²) in [4.78, 5) is 15.9. The third kappa shape index (κ3) is 1.36. The number of ether oxygens (including phenoxy) is 1. The zero-order valence-corrected chi connectivity index (χ0v) is 8.15. The number of hydrogen-bond donors (Lipinski definition) is 0.